The van der Waals surface area contributed by atoms with Crippen molar-refractivity contribution < 1.29 is 18.4 Å². The van der Waals surface area contributed by atoms with Gasteiger partial charge >= 0.3 is 11.4 Å². The molecule has 8 aromatic rings. The number of imidazole rings is 1. The molecule has 2 saturated carbocycles. The summed E-state index contributed by atoms with van der Waals surface area (Å²) in [5.74, 6) is 0.102. The third-order valence-corrected chi connectivity index (χ3v) is 14.8. The Labute approximate surface area is 365 Å². The predicted octanol–water partition coefficient (Wildman–Crippen LogP) is 6.89. The highest BCUT2D eigenvalue weighted by atomic mass is 19.1. The van der Waals surface area contributed by atoms with E-state index in [0.717, 1.165) is 59.8 Å². The number of nitrogens with zero attached hydrogens (tertiary/aromatic N) is 9. The number of carbonyl (C=O) groups is 1. The van der Waals surface area contributed by atoms with Gasteiger partial charge in [-0.05, 0) is 129 Å². The van der Waals surface area contributed by atoms with Crippen LogP contribution in [0, 0.1) is 25.6 Å². The Hall–Kier alpha value is -6.81. The molecule has 1 N–H and O–H groups in total. The normalized spacial score (nSPS) is 21.5. The number of aryl methyl sites for hydroxylation is 3. The smallest absolute Gasteiger partial charge is 0.375 e. The molecule has 16 heteroatoms. The molecule has 5 aromatic heterocycles. The van der Waals surface area contributed by atoms with E-state index in [1.54, 1.807) is 63.1 Å². The van der Waals surface area contributed by atoms with E-state index in [9.17, 15) is 9.59 Å². The van der Waals surface area contributed by atoms with Crippen molar-refractivity contribution in [2.75, 3.05) is 13.2 Å². The Bertz CT molecular complexity index is 3330. The van der Waals surface area contributed by atoms with Crippen molar-refractivity contribution in [3.63, 3.8) is 0 Å². The summed E-state index contributed by atoms with van der Waals surface area (Å²) in [6, 6.07) is 17.7. The van der Waals surface area contributed by atoms with Crippen LogP contribution < -0.4 is 11.4 Å². The van der Waals surface area contributed by atoms with E-state index in [1.165, 1.54) is 12.0 Å². The van der Waals surface area contributed by atoms with Crippen molar-refractivity contribution in [1.29, 1.82) is 0 Å². The molecule has 2 aliphatic heterocycles. The third kappa shape index (κ3) is 5.73. The highest BCUT2D eigenvalue weighted by molar-refractivity contribution is 5.99. The summed E-state index contributed by atoms with van der Waals surface area (Å²) in [5, 5.41) is 15.5. The van der Waals surface area contributed by atoms with Crippen molar-refractivity contribution in [2.45, 2.75) is 89.3 Å². The van der Waals surface area contributed by atoms with Crippen LogP contribution in [-0.4, -0.2) is 73.0 Å². The van der Waals surface area contributed by atoms with Crippen LogP contribution in [0.15, 0.2) is 87.3 Å². The van der Waals surface area contributed by atoms with Gasteiger partial charge in [0.1, 0.15) is 22.9 Å². The van der Waals surface area contributed by atoms with Crippen molar-refractivity contribution >= 4 is 27.7 Å². The summed E-state index contributed by atoms with van der Waals surface area (Å²) >= 11 is 0. The summed E-state index contributed by atoms with van der Waals surface area (Å²) in [4.78, 5) is 47.0. The average Bonchev–Trinajstić information content (AvgIpc) is 3.91. The number of aromatic amines is 1. The number of hydrogen-bond donors (Lipinski definition) is 1. The molecule has 3 fully saturated rings. The molecule has 12 rings (SSSR count). The molecule has 1 spiro atoms. The fourth-order valence-corrected chi connectivity index (χ4v) is 11.1. The molecule has 4 aliphatic rings. The summed E-state index contributed by atoms with van der Waals surface area (Å²) in [7, 11) is 1.87. The Morgan fingerprint density at radius 2 is 1.72 bits per heavy atom. The molecule has 0 bridgehead atoms. The summed E-state index contributed by atoms with van der Waals surface area (Å²) in [5.41, 5.74) is 5.98. The lowest BCUT2D eigenvalue weighted by Gasteiger charge is -2.47. The third-order valence-electron chi connectivity index (χ3n) is 14.8. The molecule has 2 aliphatic carbocycles. The number of halogens is 1. The van der Waals surface area contributed by atoms with Gasteiger partial charge in [-0.25, -0.2) is 18.7 Å². The SMILES string of the molecule is Cc1cc(-n2nc3c(c2-n2ccn(-c4ccc5c(cnn5C)c4)c2=O)CN(C(=O)c2cc4cc(C5CCOC6(CCC6)C5)ccc4n2[C@@]2(c4noc(=O)[nH]4)C[C@@H]2C)CC3)cc(C)c1F. The fraction of sp³-hybridized carbons (Fsp3) is 0.375. The summed E-state index contributed by atoms with van der Waals surface area (Å²) < 4.78 is 35.1. The monoisotopic (exact) mass is 862 g/mol. The van der Waals surface area contributed by atoms with Crippen LogP contribution in [-0.2, 0) is 30.3 Å². The van der Waals surface area contributed by atoms with Crippen LogP contribution in [0.2, 0.25) is 0 Å². The molecule has 3 aromatic carbocycles. The van der Waals surface area contributed by atoms with Crippen molar-refractivity contribution in [3.05, 3.63) is 140 Å². The van der Waals surface area contributed by atoms with E-state index in [2.05, 4.69) is 44.9 Å². The molecule has 1 amide bonds. The van der Waals surface area contributed by atoms with Crippen LogP contribution in [0.25, 0.3) is 39.0 Å². The van der Waals surface area contributed by atoms with E-state index in [4.69, 9.17) is 14.4 Å². The Morgan fingerprint density at radius 3 is 2.45 bits per heavy atom. The van der Waals surface area contributed by atoms with Crippen LogP contribution in [0.3, 0.4) is 0 Å². The molecular weight excluding hydrogens is 816 g/mol. The topological polar surface area (TPSA) is 156 Å². The van der Waals surface area contributed by atoms with E-state index in [0.29, 0.717) is 70.7 Å². The largest absolute Gasteiger partial charge is 0.438 e. The zero-order valence-corrected chi connectivity index (χ0v) is 36.1. The highest BCUT2D eigenvalue weighted by Crippen LogP contribution is 2.56. The number of benzene rings is 3. The minimum atomic E-state index is -0.806. The number of aromatic nitrogens is 9. The Balaban J connectivity index is 0.973. The molecule has 326 valence electrons. The van der Waals surface area contributed by atoms with Gasteiger partial charge in [0.05, 0.1) is 40.9 Å². The number of fused-ring (bicyclic) bond motifs is 3. The average molecular weight is 863 g/mol. The van der Waals surface area contributed by atoms with Crippen LogP contribution in [0.4, 0.5) is 4.39 Å². The molecule has 7 heterocycles. The van der Waals surface area contributed by atoms with Crippen LogP contribution in [0.5, 0.6) is 0 Å². The quantitative estimate of drug-likeness (QED) is 0.182. The molecule has 64 heavy (non-hydrogen) atoms. The lowest BCUT2D eigenvalue weighted by Crippen LogP contribution is -2.44. The first-order chi connectivity index (χ1) is 30.9. The van der Waals surface area contributed by atoms with Gasteiger partial charge in [-0.2, -0.15) is 10.2 Å². The molecule has 3 atom stereocenters. The predicted molar refractivity (Wildman–Crippen MR) is 235 cm³/mol. The van der Waals surface area contributed by atoms with Crippen molar-refractivity contribution in [3.8, 4) is 17.2 Å². The zero-order valence-electron chi connectivity index (χ0n) is 36.1. The maximum absolute atomic E-state index is 15.4. The van der Waals surface area contributed by atoms with Crippen molar-refractivity contribution in [1.82, 2.24) is 48.3 Å². The van der Waals surface area contributed by atoms with Gasteiger partial charge < -0.3 is 14.2 Å². The van der Waals surface area contributed by atoms with E-state index >= 15 is 9.18 Å². The fourth-order valence-electron chi connectivity index (χ4n) is 11.1. The number of nitrogens with one attached hydrogen (secondary N) is 1. The van der Waals surface area contributed by atoms with Gasteiger partial charge in [0.25, 0.3) is 5.91 Å². The Morgan fingerprint density at radius 1 is 0.938 bits per heavy atom. The van der Waals surface area contributed by atoms with Crippen LogP contribution in [0.1, 0.15) is 95.6 Å². The standard InChI is InChI=1S/C48H47FN10O5/c1-27-18-35(19-28(2)41(27)49)59-42(57-16-15-56(46(57)62)34-7-9-38-33(21-34)25-50-54(38)4)36-26-55(14-10-37(36)52-59)43(60)40-22-32-20-30(31-11-17-63-47(24-31)12-5-13-47)6-8-39(32)58(40)48(23-29(48)3)44-51-45(61)64-53-44/h6-9,15-16,18-22,25,29,31H,5,10-14,17,23-24,26H2,1-4H3,(H,51,53,61)/t29-,31?,48-/m0/s1. The maximum atomic E-state index is 15.4. The molecule has 0 radical (unpaired) electrons. The first-order valence-electron chi connectivity index (χ1n) is 22.2. The molecular formula is C48H47FN10O5. The minimum Gasteiger partial charge on any atom is -0.375 e. The van der Waals surface area contributed by atoms with E-state index < -0.39 is 11.3 Å². The van der Waals surface area contributed by atoms with E-state index in [1.807, 2.05) is 36.2 Å². The number of amides is 1. The van der Waals surface area contributed by atoms with Gasteiger partial charge in [-0.15, -0.1) is 0 Å². The lowest BCUT2D eigenvalue weighted by molar-refractivity contribution is -0.133. The number of H-pyrrole nitrogens is 1. The zero-order chi connectivity index (χ0) is 43.8. The molecule has 15 nitrogen and oxygen atoms in total. The van der Waals surface area contributed by atoms with Gasteiger partial charge in [0.2, 0.25) is 0 Å². The highest BCUT2D eigenvalue weighted by Gasteiger charge is 2.59. The van der Waals surface area contributed by atoms with Gasteiger partial charge in [0.15, 0.2) is 5.82 Å². The number of ether oxygens (including phenoxy) is 1. The van der Waals surface area contributed by atoms with Gasteiger partial charge in [0, 0.05) is 60.9 Å². The molecule has 1 unspecified atom stereocenters. The summed E-state index contributed by atoms with van der Waals surface area (Å²) in [6.45, 7) is 6.78. The lowest BCUT2D eigenvalue weighted by atomic mass is 9.70. The second-order valence-corrected chi connectivity index (χ2v) is 18.6. The van der Waals surface area contributed by atoms with Crippen LogP contribution >= 0.6 is 0 Å². The molecule has 1 saturated heterocycles. The Kier molecular flexibility index (Phi) is 8.40. The van der Waals surface area contributed by atoms with Gasteiger partial charge in [-0.3, -0.25) is 28.1 Å². The first kappa shape index (κ1) is 38.8. The maximum Gasteiger partial charge on any atom is 0.438 e. The second-order valence-electron chi connectivity index (χ2n) is 18.6. The number of carbonyl (C=O) groups excluding carboxylic acids is 1. The van der Waals surface area contributed by atoms with Gasteiger partial charge in [-0.1, -0.05) is 18.1 Å². The minimum absolute atomic E-state index is 0.0205. The first-order valence-corrected chi connectivity index (χ1v) is 22.2. The summed E-state index contributed by atoms with van der Waals surface area (Å²) in [6.07, 6.45) is 11.6. The second kappa shape index (κ2) is 13.8. The number of rotatable bonds is 7. The van der Waals surface area contributed by atoms with E-state index in [-0.39, 0.29) is 35.5 Å². The van der Waals surface area contributed by atoms with Crippen molar-refractivity contribution in [2.24, 2.45) is 13.0 Å². The number of hydrogen-bond acceptors (Lipinski definition) is 8.